The highest BCUT2D eigenvalue weighted by Gasteiger charge is 2.29. The van der Waals surface area contributed by atoms with E-state index in [0.717, 1.165) is 6.42 Å². The molecule has 0 fully saturated rings. The standard InChI is InChI=1S/C15H15FN2OS/c1-9-11-5-7-20-14(11)4-6-18(9)15(19)12-3-2-10(16)8-13(12)17/h2-3,5,7-9H,4,6,17H2,1H3. The summed E-state index contributed by atoms with van der Waals surface area (Å²) in [4.78, 5) is 15.7. The van der Waals surface area contributed by atoms with Crippen molar-refractivity contribution in [2.75, 3.05) is 12.3 Å². The van der Waals surface area contributed by atoms with Crippen molar-refractivity contribution in [2.45, 2.75) is 19.4 Å². The normalized spacial score (nSPS) is 17.9. The van der Waals surface area contributed by atoms with E-state index in [9.17, 15) is 9.18 Å². The second-order valence-corrected chi connectivity index (χ2v) is 5.96. The van der Waals surface area contributed by atoms with E-state index in [2.05, 4.69) is 11.4 Å². The summed E-state index contributed by atoms with van der Waals surface area (Å²) < 4.78 is 13.1. The molecule has 0 radical (unpaired) electrons. The fraction of sp³-hybridized carbons (Fsp3) is 0.267. The van der Waals surface area contributed by atoms with Gasteiger partial charge in [0.15, 0.2) is 0 Å². The van der Waals surface area contributed by atoms with Crippen LogP contribution in [0.4, 0.5) is 10.1 Å². The molecule has 2 N–H and O–H groups in total. The minimum Gasteiger partial charge on any atom is -0.398 e. The average molecular weight is 290 g/mol. The number of nitrogens with zero attached hydrogens (tertiary/aromatic N) is 1. The molecule has 2 aromatic rings. The molecule has 20 heavy (non-hydrogen) atoms. The molecule has 1 amide bonds. The second kappa shape index (κ2) is 4.90. The molecule has 3 rings (SSSR count). The van der Waals surface area contributed by atoms with E-state index in [0.29, 0.717) is 12.1 Å². The Kier molecular flexibility index (Phi) is 3.22. The van der Waals surface area contributed by atoms with Gasteiger partial charge >= 0.3 is 0 Å². The van der Waals surface area contributed by atoms with E-state index in [1.807, 2.05) is 6.92 Å². The minimum absolute atomic E-state index is 0.0296. The first-order valence-corrected chi connectivity index (χ1v) is 7.38. The molecule has 0 spiro atoms. The zero-order valence-corrected chi connectivity index (χ0v) is 11.9. The van der Waals surface area contributed by atoms with Gasteiger partial charge in [0.2, 0.25) is 0 Å². The van der Waals surface area contributed by atoms with Crippen molar-refractivity contribution in [3.63, 3.8) is 0 Å². The molecule has 104 valence electrons. The van der Waals surface area contributed by atoms with Gasteiger partial charge in [-0.05, 0) is 48.6 Å². The summed E-state index contributed by atoms with van der Waals surface area (Å²) in [6, 6.07) is 6.02. The lowest BCUT2D eigenvalue weighted by atomic mass is 10.00. The minimum atomic E-state index is -0.425. The number of carbonyl (C=O) groups excluding carboxylic acids is 1. The first-order chi connectivity index (χ1) is 9.58. The van der Waals surface area contributed by atoms with Crippen LogP contribution in [0.15, 0.2) is 29.6 Å². The Morgan fingerprint density at radius 1 is 1.45 bits per heavy atom. The molecule has 0 aliphatic carbocycles. The van der Waals surface area contributed by atoms with E-state index >= 15 is 0 Å². The largest absolute Gasteiger partial charge is 0.398 e. The maximum atomic E-state index is 13.1. The van der Waals surface area contributed by atoms with Crippen LogP contribution in [-0.2, 0) is 6.42 Å². The third-order valence-electron chi connectivity index (χ3n) is 3.78. The van der Waals surface area contributed by atoms with Crippen molar-refractivity contribution in [3.05, 3.63) is 51.5 Å². The van der Waals surface area contributed by atoms with Crippen molar-refractivity contribution in [1.82, 2.24) is 4.90 Å². The summed E-state index contributed by atoms with van der Waals surface area (Å²) in [5.74, 6) is -0.558. The van der Waals surface area contributed by atoms with E-state index in [1.54, 1.807) is 16.2 Å². The molecule has 5 heteroatoms. The summed E-state index contributed by atoms with van der Waals surface area (Å²) >= 11 is 1.73. The van der Waals surface area contributed by atoms with Crippen LogP contribution in [0.3, 0.4) is 0 Å². The van der Waals surface area contributed by atoms with Crippen LogP contribution in [0.25, 0.3) is 0 Å². The second-order valence-electron chi connectivity index (χ2n) is 4.96. The number of benzene rings is 1. The molecule has 1 unspecified atom stereocenters. The zero-order chi connectivity index (χ0) is 14.3. The molecule has 1 aliphatic heterocycles. The quantitative estimate of drug-likeness (QED) is 0.820. The number of amides is 1. The van der Waals surface area contributed by atoms with Gasteiger partial charge in [0, 0.05) is 17.1 Å². The predicted molar refractivity (Wildman–Crippen MR) is 78.3 cm³/mol. The number of nitrogen functional groups attached to an aromatic ring is 1. The number of anilines is 1. The highest BCUT2D eigenvalue weighted by Crippen LogP contribution is 2.34. The van der Waals surface area contributed by atoms with Crippen molar-refractivity contribution in [1.29, 1.82) is 0 Å². The molecule has 1 aromatic heterocycles. The smallest absolute Gasteiger partial charge is 0.256 e. The van der Waals surface area contributed by atoms with Crippen molar-refractivity contribution in [2.24, 2.45) is 0 Å². The maximum Gasteiger partial charge on any atom is 0.256 e. The molecule has 2 heterocycles. The number of hydrogen-bond acceptors (Lipinski definition) is 3. The lowest BCUT2D eigenvalue weighted by Crippen LogP contribution is -2.38. The summed E-state index contributed by atoms with van der Waals surface area (Å²) in [6.07, 6.45) is 0.865. The molecule has 1 atom stereocenters. The van der Waals surface area contributed by atoms with Crippen LogP contribution in [0, 0.1) is 5.82 Å². The summed E-state index contributed by atoms with van der Waals surface area (Å²) in [5, 5.41) is 2.06. The Balaban J connectivity index is 1.92. The van der Waals surface area contributed by atoms with Crippen LogP contribution >= 0.6 is 11.3 Å². The van der Waals surface area contributed by atoms with Crippen LogP contribution < -0.4 is 5.73 Å². The molecular weight excluding hydrogens is 275 g/mol. The summed E-state index contributed by atoms with van der Waals surface area (Å²) in [6.45, 7) is 2.69. The molecule has 0 saturated heterocycles. The Morgan fingerprint density at radius 2 is 2.25 bits per heavy atom. The van der Waals surface area contributed by atoms with Gasteiger partial charge in [-0.1, -0.05) is 0 Å². The van der Waals surface area contributed by atoms with Gasteiger partial charge < -0.3 is 10.6 Å². The number of hydrogen-bond donors (Lipinski definition) is 1. The number of fused-ring (bicyclic) bond motifs is 1. The lowest BCUT2D eigenvalue weighted by molar-refractivity contribution is 0.0680. The Labute approximate surface area is 120 Å². The van der Waals surface area contributed by atoms with E-state index in [4.69, 9.17) is 5.73 Å². The van der Waals surface area contributed by atoms with Gasteiger partial charge in [-0.3, -0.25) is 4.79 Å². The van der Waals surface area contributed by atoms with Crippen LogP contribution in [0.5, 0.6) is 0 Å². The van der Waals surface area contributed by atoms with Crippen LogP contribution in [-0.4, -0.2) is 17.4 Å². The van der Waals surface area contributed by atoms with Crippen molar-refractivity contribution >= 4 is 22.9 Å². The van der Waals surface area contributed by atoms with Crippen molar-refractivity contribution in [3.8, 4) is 0 Å². The van der Waals surface area contributed by atoms with Gasteiger partial charge in [-0.15, -0.1) is 11.3 Å². The van der Waals surface area contributed by atoms with Crippen LogP contribution in [0.2, 0.25) is 0 Å². The topological polar surface area (TPSA) is 46.3 Å². The third kappa shape index (κ3) is 2.08. The molecule has 1 aliphatic rings. The van der Waals surface area contributed by atoms with E-state index < -0.39 is 5.82 Å². The molecule has 0 bridgehead atoms. The SMILES string of the molecule is CC1c2ccsc2CCN1C(=O)c1ccc(F)cc1N. The number of thiophene rings is 1. The predicted octanol–water partition coefficient (Wildman–Crippen LogP) is 3.23. The number of rotatable bonds is 1. The zero-order valence-electron chi connectivity index (χ0n) is 11.1. The molecule has 1 aromatic carbocycles. The number of nitrogens with two attached hydrogens (primary N) is 1. The van der Waals surface area contributed by atoms with E-state index in [1.165, 1.54) is 28.6 Å². The third-order valence-corrected chi connectivity index (χ3v) is 4.78. The van der Waals surface area contributed by atoms with E-state index in [-0.39, 0.29) is 17.6 Å². The fourth-order valence-corrected chi connectivity index (χ4v) is 3.63. The number of carbonyl (C=O) groups is 1. The van der Waals surface area contributed by atoms with Gasteiger partial charge in [0.1, 0.15) is 5.82 Å². The molecule has 3 nitrogen and oxygen atoms in total. The highest BCUT2D eigenvalue weighted by molar-refractivity contribution is 7.10. The Hall–Kier alpha value is -1.88. The Morgan fingerprint density at radius 3 is 3.00 bits per heavy atom. The maximum absolute atomic E-state index is 13.1. The van der Waals surface area contributed by atoms with Gasteiger partial charge in [-0.2, -0.15) is 0 Å². The van der Waals surface area contributed by atoms with Gasteiger partial charge in [0.25, 0.3) is 5.91 Å². The van der Waals surface area contributed by atoms with Gasteiger partial charge in [0.05, 0.1) is 11.6 Å². The average Bonchev–Trinajstić information content (AvgIpc) is 2.87. The number of halogens is 1. The fourth-order valence-electron chi connectivity index (χ4n) is 2.67. The van der Waals surface area contributed by atoms with Gasteiger partial charge in [-0.25, -0.2) is 4.39 Å². The summed E-state index contributed by atoms with van der Waals surface area (Å²) in [5.41, 5.74) is 7.53. The highest BCUT2D eigenvalue weighted by atomic mass is 32.1. The van der Waals surface area contributed by atoms with Crippen LogP contribution in [0.1, 0.15) is 33.8 Å². The Bertz CT molecular complexity index is 668. The lowest BCUT2D eigenvalue weighted by Gasteiger charge is -2.34. The monoisotopic (exact) mass is 290 g/mol. The van der Waals surface area contributed by atoms with Crippen molar-refractivity contribution < 1.29 is 9.18 Å². The molecule has 0 saturated carbocycles. The molecular formula is C15H15FN2OS. The first kappa shape index (κ1) is 13.1. The first-order valence-electron chi connectivity index (χ1n) is 6.50. The summed E-state index contributed by atoms with van der Waals surface area (Å²) in [7, 11) is 0.